The lowest BCUT2D eigenvalue weighted by Gasteiger charge is -2.34. The van der Waals surface area contributed by atoms with Crippen LogP contribution < -0.4 is 5.32 Å². The zero-order valence-electron chi connectivity index (χ0n) is 17.1. The van der Waals surface area contributed by atoms with Gasteiger partial charge in [-0.15, -0.1) is 11.3 Å². The first kappa shape index (κ1) is 22.3. The SMILES string of the molecule is CN(C(=O)c1ccc(Cl)s1)C1CCC(c2ccc(CNCCCCO)cc2)CC1. The summed E-state index contributed by atoms with van der Waals surface area (Å²) in [4.78, 5) is 15.3. The summed E-state index contributed by atoms with van der Waals surface area (Å²) in [7, 11) is 1.92. The Morgan fingerprint density at radius 3 is 2.48 bits per heavy atom. The van der Waals surface area contributed by atoms with Gasteiger partial charge in [0.1, 0.15) is 0 Å². The third-order valence-corrected chi connectivity index (χ3v) is 7.11. The van der Waals surface area contributed by atoms with E-state index in [-0.39, 0.29) is 12.5 Å². The van der Waals surface area contributed by atoms with Gasteiger partial charge in [-0.05, 0) is 74.2 Å². The molecular formula is C23H31ClN2O2S. The Bertz CT molecular complexity index is 769. The van der Waals surface area contributed by atoms with Gasteiger partial charge in [0.25, 0.3) is 5.91 Å². The molecule has 1 aliphatic rings. The van der Waals surface area contributed by atoms with Crippen molar-refractivity contribution in [3.63, 3.8) is 0 Å². The number of thiophene rings is 1. The van der Waals surface area contributed by atoms with Crippen molar-refractivity contribution in [3.8, 4) is 0 Å². The first-order valence-electron chi connectivity index (χ1n) is 10.5. The number of hydrogen-bond donors (Lipinski definition) is 2. The van der Waals surface area contributed by atoms with Gasteiger partial charge in [0.15, 0.2) is 0 Å². The van der Waals surface area contributed by atoms with Crippen molar-refractivity contribution in [2.75, 3.05) is 20.2 Å². The van der Waals surface area contributed by atoms with Crippen LogP contribution in [0.5, 0.6) is 0 Å². The molecule has 2 N–H and O–H groups in total. The normalized spacial score (nSPS) is 19.3. The number of carbonyl (C=O) groups is 1. The van der Waals surface area contributed by atoms with Gasteiger partial charge in [-0.25, -0.2) is 0 Å². The number of aliphatic hydroxyl groups excluding tert-OH is 1. The summed E-state index contributed by atoms with van der Waals surface area (Å²) in [5.74, 6) is 0.665. The highest BCUT2D eigenvalue weighted by Gasteiger charge is 2.28. The van der Waals surface area contributed by atoms with Crippen LogP contribution in [0.3, 0.4) is 0 Å². The van der Waals surface area contributed by atoms with E-state index in [9.17, 15) is 4.79 Å². The van der Waals surface area contributed by atoms with Crippen molar-refractivity contribution in [3.05, 3.63) is 56.7 Å². The van der Waals surface area contributed by atoms with Gasteiger partial charge < -0.3 is 15.3 Å². The average Bonchev–Trinajstić information content (AvgIpc) is 3.19. The van der Waals surface area contributed by atoms with Crippen molar-refractivity contribution in [2.24, 2.45) is 0 Å². The molecule has 1 saturated carbocycles. The molecule has 1 aliphatic carbocycles. The molecule has 1 heterocycles. The fourth-order valence-electron chi connectivity index (χ4n) is 4.07. The number of aliphatic hydroxyl groups is 1. The maximum Gasteiger partial charge on any atom is 0.263 e. The molecule has 0 aliphatic heterocycles. The lowest BCUT2D eigenvalue weighted by molar-refractivity contribution is 0.0694. The first-order chi connectivity index (χ1) is 14.1. The summed E-state index contributed by atoms with van der Waals surface area (Å²) in [6.07, 6.45) is 6.18. The monoisotopic (exact) mass is 434 g/mol. The summed E-state index contributed by atoms with van der Waals surface area (Å²) in [6, 6.07) is 12.9. The number of amides is 1. The Balaban J connectivity index is 1.45. The number of carbonyl (C=O) groups excluding carboxylic acids is 1. The molecule has 158 valence electrons. The fourth-order valence-corrected chi connectivity index (χ4v) is 5.09. The van der Waals surface area contributed by atoms with Gasteiger partial charge in [0.05, 0.1) is 9.21 Å². The number of hydrogen-bond acceptors (Lipinski definition) is 4. The predicted molar refractivity (Wildman–Crippen MR) is 121 cm³/mol. The quantitative estimate of drug-likeness (QED) is 0.542. The molecule has 0 unspecified atom stereocenters. The van der Waals surface area contributed by atoms with Crippen molar-refractivity contribution >= 4 is 28.8 Å². The minimum atomic E-state index is 0.0844. The summed E-state index contributed by atoms with van der Waals surface area (Å²) >= 11 is 7.33. The van der Waals surface area contributed by atoms with E-state index in [2.05, 4.69) is 29.6 Å². The molecule has 1 fully saturated rings. The predicted octanol–water partition coefficient (Wildman–Crippen LogP) is 5.06. The molecule has 0 saturated heterocycles. The van der Waals surface area contributed by atoms with Gasteiger partial charge in [0, 0.05) is 26.2 Å². The summed E-state index contributed by atoms with van der Waals surface area (Å²) in [5, 5.41) is 12.2. The second-order valence-corrected chi connectivity index (χ2v) is 9.59. The van der Waals surface area contributed by atoms with E-state index in [1.54, 1.807) is 6.07 Å². The highest BCUT2D eigenvalue weighted by molar-refractivity contribution is 7.17. The highest BCUT2D eigenvalue weighted by atomic mass is 35.5. The number of nitrogens with zero attached hydrogens (tertiary/aromatic N) is 1. The van der Waals surface area contributed by atoms with Crippen LogP contribution in [0, 0.1) is 0 Å². The average molecular weight is 435 g/mol. The molecule has 29 heavy (non-hydrogen) atoms. The smallest absolute Gasteiger partial charge is 0.263 e. The molecule has 2 aromatic rings. The van der Waals surface area contributed by atoms with E-state index in [1.165, 1.54) is 22.5 Å². The van der Waals surface area contributed by atoms with Gasteiger partial charge >= 0.3 is 0 Å². The van der Waals surface area contributed by atoms with Crippen LogP contribution in [0.25, 0.3) is 0 Å². The molecule has 3 rings (SSSR count). The Labute approximate surface area is 182 Å². The zero-order chi connectivity index (χ0) is 20.6. The molecular weight excluding hydrogens is 404 g/mol. The topological polar surface area (TPSA) is 52.6 Å². The molecule has 0 radical (unpaired) electrons. The lowest BCUT2D eigenvalue weighted by atomic mass is 9.81. The van der Waals surface area contributed by atoms with E-state index in [4.69, 9.17) is 16.7 Å². The second kappa shape index (κ2) is 11.1. The number of benzene rings is 1. The van der Waals surface area contributed by atoms with Crippen LogP contribution in [0.15, 0.2) is 36.4 Å². The van der Waals surface area contributed by atoms with Crippen LogP contribution in [-0.4, -0.2) is 42.2 Å². The van der Waals surface area contributed by atoms with Crippen LogP contribution in [0.4, 0.5) is 0 Å². The van der Waals surface area contributed by atoms with Crippen LogP contribution in [-0.2, 0) is 6.54 Å². The molecule has 0 bridgehead atoms. The molecule has 6 heteroatoms. The molecule has 1 aromatic heterocycles. The van der Waals surface area contributed by atoms with Crippen molar-refractivity contribution < 1.29 is 9.90 Å². The standard InChI is InChI=1S/C23H31ClN2O2S/c1-26(23(28)21-12-13-22(24)29-21)20-10-8-19(9-11-20)18-6-4-17(5-7-18)16-25-14-2-3-15-27/h4-7,12-13,19-20,25,27H,2-3,8-11,14-16H2,1H3. The number of halogens is 1. The Morgan fingerprint density at radius 1 is 1.14 bits per heavy atom. The minimum Gasteiger partial charge on any atom is -0.396 e. The van der Waals surface area contributed by atoms with E-state index in [1.807, 2.05) is 18.0 Å². The molecule has 1 amide bonds. The van der Waals surface area contributed by atoms with Gasteiger partial charge in [0.2, 0.25) is 0 Å². The second-order valence-electron chi connectivity index (χ2n) is 7.87. The van der Waals surface area contributed by atoms with Gasteiger partial charge in [-0.1, -0.05) is 35.9 Å². The third kappa shape index (κ3) is 6.29. The summed E-state index contributed by atoms with van der Waals surface area (Å²) in [5.41, 5.74) is 2.71. The molecule has 0 spiro atoms. The summed E-state index contributed by atoms with van der Waals surface area (Å²) in [6.45, 7) is 2.08. The maximum absolute atomic E-state index is 12.7. The lowest BCUT2D eigenvalue weighted by Crippen LogP contribution is -2.38. The van der Waals surface area contributed by atoms with Crippen molar-refractivity contribution in [1.82, 2.24) is 10.2 Å². The highest BCUT2D eigenvalue weighted by Crippen LogP contribution is 2.35. The van der Waals surface area contributed by atoms with Crippen molar-refractivity contribution in [2.45, 2.75) is 57.0 Å². The van der Waals surface area contributed by atoms with E-state index in [0.717, 1.165) is 56.5 Å². The number of rotatable bonds is 9. The van der Waals surface area contributed by atoms with E-state index >= 15 is 0 Å². The third-order valence-electron chi connectivity index (χ3n) is 5.89. The first-order valence-corrected chi connectivity index (χ1v) is 11.7. The maximum atomic E-state index is 12.7. The Hall–Kier alpha value is -1.40. The molecule has 4 nitrogen and oxygen atoms in total. The van der Waals surface area contributed by atoms with Crippen LogP contribution in [0.1, 0.15) is 65.2 Å². The van der Waals surface area contributed by atoms with Crippen molar-refractivity contribution in [1.29, 1.82) is 0 Å². The largest absolute Gasteiger partial charge is 0.396 e. The minimum absolute atomic E-state index is 0.0844. The van der Waals surface area contributed by atoms with Crippen LogP contribution in [0.2, 0.25) is 4.34 Å². The Morgan fingerprint density at radius 2 is 1.86 bits per heavy atom. The van der Waals surface area contributed by atoms with Gasteiger partial charge in [-0.3, -0.25) is 4.79 Å². The Kier molecular flexibility index (Phi) is 8.54. The summed E-state index contributed by atoms with van der Waals surface area (Å²) < 4.78 is 0.661. The molecule has 1 aromatic carbocycles. The number of nitrogens with one attached hydrogen (secondary N) is 1. The molecule has 0 atom stereocenters. The zero-order valence-corrected chi connectivity index (χ0v) is 18.6. The van der Waals surface area contributed by atoms with Crippen LogP contribution >= 0.6 is 22.9 Å². The van der Waals surface area contributed by atoms with E-state index in [0.29, 0.717) is 16.3 Å². The van der Waals surface area contributed by atoms with Gasteiger partial charge in [-0.2, -0.15) is 0 Å². The fraction of sp³-hybridized carbons (Fsp3) is 0.522. The number of unbranched alkanes of at least 4 members (excludes halogenated alkanes) is 1. The van der Waals surface area contributed by atoms with E-state index < -0.39 is 0 Å².